The molecule has 0 aromatic rings. The monoisotopic (exact) mass is 1810 g/mol. The van der Waals surface area contributed by atoms with Gasteiger partial charge in [-0.15, -0.1) is 0 Å². The second-order valence-corrected chi connectivity index (χ2v) is 36.3. The van der Waals surface area contributed by atoms with Crippen LogP contribution in [0.3, 0.4) is 0 Å². The van der Waals surface area contributed by atoms with Gasteiger partial charge in [-0.3, -0.25) is 0 Å². The van der Waals surface area contributed by atoms with Crippen molar-refractivity contribution >= 4 is 0 Å². The van der Waals surface area contributed by atoms with E-state index < -0.39 is 235 Å². The predicted molar refractivity (Wildman–Crippen MR) is 370 cm³/mol. The second kappa shape index (κ2) is 42.3. The molecule has 24 unspecified atom stereocenters. The minimum absolute atomic E-state index is 0.0166. The van der Waals surface area contributed by atoms with Gasteiger partial charge in [-0.05, 0) is 168 Å². The first-order valence-corrected chi connectivity index (χ1v) is 39.7. The summed E-state index contributed by atoms with van der Waals surface area (Å²) in [5.41, 5.74) is -5.37. The Bertz CT molecular complexity index is 2780. The lowest BCUT2D eigenvalue weighted by Gasteiger charge is -2.50. The average molecular weight is 1810 g/mol. The van der Waals surface area contributed by atoms with Gasteiger partial charge in [-0.25, -0.2) is 48.3 Å². The van der Waals surface area contributed by atoms with Crippen molar-refractivity contribution in [2.45, 2.75) is 350 Å². The van der Waals surface area contributed by atoms with Crippen LogP contribution in [-0.2, 0) is 0 Å². The molecule has 118 heavy (non-hydrogen) atoms. The quantitative estimate of drug-likeness (QED) is 0.212. The molecule has 32 atom stereocenters. The molecule has 0 saturated heterocycles. The van der Waals surface area contributed by atoms with Crippen LogP contribution in [0.1, 0.15) is 229 Å². The fourth-order valence-electron chi connectivity index (χ4n) is 18.4. The van der Waals surface area contributed by atoms with E-state index in [-0.39, 0.29) is 68.6 Å². The first kappa shape index (κ1) is 111. The van der Waals surface area contributed by atoms with E-state index in [9.17, 15) is 171 Å². The lowest BCUT2D eigenvalue weighted by molar-refractivity contribution is -0.321. The first-order valence-electron chi connectivity index (χ1n) is 40.2. The first-order chi connectivity index (χ1) is 52.7. The fourth-order valence-corrected chi connectivity index (χ4v) is 18.4. The van der Waals surface area contributed by atoms with E-state index in [1.807, 2.05) is 20.8 Å². The molecule has 0 spiro atoms. The molecule has 0 amide bonds. The van der Waals surface area contributed by atoms with Crippen molar-refractivity contribution in [2.75, 3.05) is 0 Å². The van der Waals surface area contributed by atoms with Crippen molar-refractivity contribution in [3.05, 3.63) is 0 Å². The maximum absolute atomic E-state index is 13.0. The van der Waals surface area contributed by atoms with Gasteiger partial charge in [-0.1, -0.05) is 131 Å². The van der Waals surface area contributed by atoms with Gasteiger partial charge in [0.1, 0.15) is 42.7 Å². The Morgan fingerprint density at radius 1 is 0.263 bits per heavy atom. The van der Waals surface area contributed by atoms with Gasteiger partial charge in [0.25, 0.3) is 5.92 Å². The van der Waals surface area contributed by atoms with Gasteiger partial charge in [0.2, 0.25) is 5.67 Å². The third-order valence-corrected chi connectivity index (χ3v) is 26.1. The summed E-state index contributed by atoms with van der Waals surface area (Å²) < 4.78 is 502. The molecule has 0 aliphatic heterocycles. The van der Waals surface area contributed by atoms with Crippen LogP contribution in [0, 0.1) is 148 Å². The zero-order valence-electron chi connectivity index (χ0n) is 70.2. The molecule has 708 valence electrons. The minimum Gasteiger partial charge on any atom is -0.247 e. The Hall–Kier alpha value is -2.73. The summed E-state index contributed by atoms with van der Waals surface area (Å²) >= 11 is 0. The third kappa shape index (κ3) is 30.0. The van der Waals surface area contributed by atoms with E-state index in [1.165, 1.54) is 34.6 Å². The Morgan fingerprint density at radius 2 is 0.585 bits per heavy atom. The van der Waals surface area contributed by atoms with Gasteiger partial charge >= 0.3 is 61.3 Å². The molecular weight excluding hydrogens is 1690 g/mol. The van der Waals surface area contributed by atoms with Crippen molar-refractivity contribution in [2.24, 2.45) is 148 Å². The molecule has 0 N–H and O–H groups in total. The van der Waals surface area contributed by atoms with Crippen molar-refractivity contribution in [1.82, 2.24) is 0 Å². The largest absolute Gasteiger partial charge is 0.392 e. The smallest absolute Gasteiger partial charge is 0.247 e. The van der Waals surface area contributed by atoms with E-state index >= 15 is 0 Å². The summed E-state index contributed by atoms with van der Waals surface area (Å²) in [5, 5.41) is 0. The normalized spacial score (nSPS) is 43.5. The van der Waals surface area contributed by atoms with Crippen LogP contribution in [-0.4, -0.2) is 122 Å². The number of alkyl halides is 39. The molecule has 0 aromatic heterocycles. The summed E-state index contributed by atoms with van der Waals surface area (Å²) in [5.74, 6) is -44.3. The highest BCUT2D eigenvalue weighted by Crippen LogP contribution is 2.66. The molecule has 9 rings (SSSR count). The lowest BCUT2D eigenvalue weighted by Crippen LogP contribution is -2.57. The van der Waals surface area contributed by atoms with E-state index in [4.69, 9.17) is 1.37 Å². The van der Waals surface area contributed by atoms with Crippen LogP contribution < -0.4 is 0 Å². The van der Waals surface area contributed by atoms with E-state index in [0.717, 1.165) is 64.7 Å². The third-order valence-electron chi connectivity index (χ3n) is 26.1. The van der Waals surface area contributed by atoms with Crippen LogP contribution in [0.5, 0.6) is 0 Å². The summed E-state index contributed by atoms with van der Waals surface area (Å²) in [6.45, 7) is 25.3. The summed E-state index contributed by atoms with van der Waals surface area (Å²) in [7, 11) is 0. The highest BCUT2D eigenvalue weighted by Gasteiger charge is 2.88. The maximum atomic E-state index is 13.0. The maximum Gasteiger partial charge on any atom is 0.392 e. The van der Waals surface area contributed by atoms with Crippen molar-refractivity contribution in [3.63, 3.8) is 0 Å². The molecule has 9 saturated carbocycles. The standard InChI is InChI=1S/C12H15F9.C10H14F6.3C9H15F3.C8H12F4.C8H15F.C7H7F7.C7H11F3/c1-4-5(2)8(11(16,17)18)9(12(19,20)21)6(3)7(4)10(13,14)15;1-5-3-6(2)8(10(14,15)16)7(4-5)9(11,12)13;2*1-6-3-7(2)5-8(4-6)9(10,11)12;1-6-4-3-5-8(7(6)2)9(10,11)12;1-3-5(9)4(2)7(11)8(12)6(3)10;1-7-3-5-8(2,9)6-4-7;1-3-5(9,10)4(2,8)7(13,14)6(3,11)12;1-3-5(8)4(2)7(10)6(3)9/h4-9H,1-3H3;5-8H,3-4H2,1-2H3;3*6-8H,3-5H2,1-2H3;3-8H,1-2H3;7H,3-6H2,1-2H3;3H,1-2H3;3-7H,1-2H3/t4-,5?,6?,7?,8?,9?;5-,6?,7?,8?;2*6-,7?,8?;6?,7-,8?;3-,4?,5?,6?,7?,8?;;3-,4?;3-,4?,5?,6?,7?/m100010.00/s1/i;;6D;;;;;;. The molecule has 9 fully saturated rings. The Labute approximate surface area is 668 Å². The number of rotatable bonds is 0. The Kier molecular flexibility index (Phi) is 39.9. The molecule has 0 heterocycles. The van der Waals surface area contributed by atoms with Gasteiger partial charge in [-0.2, -0.15) is 123 Å². The Balaban J connectivity index is 0.000000676. The van der Waals surface area contributed by atoms with Crippen molar-refractivity contribution < 1.29 is 173 Å². The molecule has 0 nitrogen and oxygen atoms in total. The van der Waals surface area contributed by atoms with Crippen molar-refractivity contribution in [1.29, 1.82) is 0 Å². The Morgan fingerprint density at radius 3 is 0.864 bits per heavy atom. The zero-order chi connectivity index (χ0) is 94.5. The summed E-state index contributed by atoms with van der Waals surface area (Å²) in [6.07, 6.45) is -41.5. The molecule has 0 aromatic carbocycles. The summed E-state index contributed by atoms with van der Waals surface area (Å²) in [4.78, 5) is 0. The van der Waals surface area contributed by atoms with Crippen LogP contribution in [0.15, 0.2) is 0 Å². The van der Waals surface area contributed by atoms with Crippen molar-refractivity contribution in [3.8, 4) is 0 Å². The van der Waals surface area contributed by atoms with Crippen LogP contribution in [0.2, 0.25) is 0 Å². The zero-order valence-corrected chi connectivity index (χ0v) is 69.2. The lowest BCUT2D eigenvalue weighted by atomic mass is 9.57. The van der Waals surface area contributed by atoms with Gasteiger partial charge in [0.05, 0.1) is 53.3 Å². The fraction of sp³-hybridized carbons (Fsp3) is 1.00. The van der Waals surface area contributed by atoms with Crippen LogP contribution in [0.4, 0.5) is 171 Å². The average Bonchev–Trinajstić information content (AvgIpc) is 1.54. The van der Waals surface area contributed by atoms with Gasteiger partial charge in [0.15, 0.2) is 6.17 Å². The second-order valence-electron chi connectivity index (χ2n) is 36.3. The van der Waals surface area contributed by atoms with E-state index in [1.54, 1.807) is 34.6 Å². The molecule has 9 aliphatic carbocycles. The highest BCUT2D eigenvalue weighted by molar-refractivity contribution is 5.19. The number of hydrogen-bond donors (Lipinski definition) is 0. The minimum atomic E-state index is -5.36. The molecular formula is C79H119F39. The number of halogens is 39. The van der Waals surface area contributed by atoms with Gasteiger partial charge < -0.3 is 0 Å². The van der Waals surface area contributed by atoms with Crippen LogP contribution in [0.25, 0.3) is 0 Å². The van der Waals surface area contributed by atoms with Gasteiger partial charge in [0, 0.05) is 25.0 Å². The number of hydrogen-bond acceptors (Lipinski definition) is 0. The predicted octanol–water partition coefficient (Wildman–Crippen LogP) is 31.8. The molecule has 39 heteroatoms. The summed E-state index contributed by atoms with van der Waals surface area (Å²) in [6, 6.07) is 0. The topological polar surface area (TPSA) is 0 Å². The van der Waals surface area contributed by atoms with E-state index in [2.05, 4.69) is 6.92 Å². The molecule has 0 radical (unpaired) electrons. The molecule has 0 bridgehead atoms. The van der Waals surface area contributed by atoms with E-state index in [0.29, 0.717) is 32.6 Å². The SMILES string of the molecule is CC1C(C(F)(F)F)C(C(F)(F)F)C(C)[C@@H](C)C1C(F)(F)F.CC1C(F)C(F)C(F)[C@@H](C)C1F.CC1C(F)C(F)[C@@H](C)C1F.CC1CC(C(F)(F)F)C[C@@H](C)C1.CC1CCC(C)(F)CC1.CC1CCCC(C(F)(F)F)[C@@H]1C.CC1C[C@H](C)CC(C(F)(F)F)C1C(F)(F)F.C[C@H]1C(F)(F)C(C)(F)C(F)(F)C1(F)F.[2H][C@]1(C)CC(C)CC(C(F)(F)F)C1. The molecule has 9 aliphatic rings. The highest BCUT2D eigenvalue weighted by atomic mass is 19.4. The van der Waals surface area contributed by atoms with Crippen LogP contribution >= 0.6 is 0 Å².